The number of carbonyl (C=O) groups is 2. The van der Waals surface area contributed by atoms with Crippen LogP contribution >= 0.6 is 0 Å². The Labute approximate surface area is 79.3 Å². The van der Waals surface area contributed by atoms with Crippen molar-refractivity contribution < 1.29 is 19.8 Å². The van der Waals surface area contributed by atoms with E-state index in [9.17, 15) is 14.7 Å². The van der Waals surface area contributed by atoms with Gasteiger partial charge < -0.3 is 10.2 Å². The quantitative estimate of drug-likeness (QED) is 0.402. The Morgan fingerprint density at radius 1 is 1.50 bits per heavy atom. The van der Waals surface area contributed by atoms with Gasteiger partial charge in [0.05, 0.1) is 11.3 Å². The third-order valence-corrected chi connectivity index (χ3v) is 1.56. The molecule has 1 aromatic heterocycles. The van der Waals surface area contributed by atoms with E-state index in [1.54, 1.807) is 0 Å². The summed E-state index contributed by atoms with van der Waals surface area (Å²) >= 11 is 0. The van der Waals surface area contributed by atoms with Crippen LogP contribution in [0.3, 0.4) is 0 Å². The van der Waals surface area contributed by atoms with Gasteiger partial charge in [-0.2, -0.15) is 0 Å². The highest BCUT2D eigenvalue weighted by Gasteiger charge is 2.04. The maximum Gasteiger partial charge on any atom is 0.337 e. The van der Waals surface area contributed by atoms with Gasteiger partial charge in [0.15, 0.2) is 6.29 Å². The van der Waals surface area contributed by atoms with E-state index < -0.39 is 5.97 Å². The fraction of sp³-hybridized carbons (Fsp3) is 0. The molecule has 1 aromatic rings. The topological polar surface area (TPSA) is 90.3 Å². The minimum Gasteiger partial charge on any atom is -0.877 e. The summed E-state index contributed by atoms with van der Waals surface area (Å²) < 4.78 is 0. The number of aldehydes is 1. The number of pyridine rings is 1. The van der Waals surface area contributed by atoms with Crippen LogP contribution in [0.1, 0.15) is 16.1 Å². The van der Waals surface area contributed by atoms with E-state index in [0.29, 0.717) is 12.5 Å². The van der Waals surface area contributed by atoms with Gasteiger partial charge in [0, 0.05) is 11.8 Å². The van der Waals surface area contributed by atoms with E-state index in [0.717, 1.165) is 6.20 Å². The van der Waals surface area contributed by atoms with Crippen LogP contribution in [0.25, 0.3) is 5.57 Å². The first-order chi connectivity index (χ1) is 6.69. The molecule has 0 aliphatic carbocycles. The highest BCUT2D eigenvalue weighted by atomic mass is 16.4. The molecule has 0 saturated carbocycles. The molecule has 0 fully saturated rings. The number of allylic oxidation sites excluding steroid dienone is 1. The van der Waals surface area contributed by atoms with Gasteiger partial charge in [0.25, 0.3) is 0 Å². The van der Waals surface area contributed by atoms with Gasteiger partial charge in [-0.15, -0.1) is 6.26 Å². The minimum atomic E-state index is -1.11. The third kappa shape index (κ3) is 1.95. The largest absolute Gasteiger partial charge is 0.877 e. The molecule has 0 radical (unpaired) electrons. The lowest BCUT2D eigenvalue weighted by atomic mass is 10.2. The number of carboxylic acid groups (broad SMARTS) is 1. The van der Waals surface area contributed by atoms with Crippen molar-refractivity contribution in [2.45, 2.75) is 0 Å². The van der Waals surface area contributed by atoms with Crippen molar-refractivity contribution in [1.29, 1.82) is 0 Å². The number of carbonyl (C=O) groups excluding carboxylic acids is 1. The third-order valence-electron chi connectivity index (χ3n) is 1.56. The summed E-state index contributed by atoms with van der Waals surface area (Å²) in [6.07, 6.45) is 1.83. The Morgan fingerprint density at radius 2 is 2.21 bits per heavy atom. The van der Waals surface area contributed by atoms with E-state index in [1.807, 2.05) is 0 Å². The molecule has 0 saturated heterocycles. The maximum absolute atomic E-state index is 10.4. The standard InChI is InChI=1S/C9H7NO4/c11-4-7(5-12)8-2-1-6(3-10-8)9(13)14/h1-5,11H,(H,13,14)/p-1/b7-4-. The summed E-state index contributed by atoms with van der Waals surface area (Å²) in [4.78, 5) is 24.4. The summed E-state index contributed by atoms with van der Waals surface area (Å²) in [5.74, 6) is -1.11. The van der Waals surface area contributed by atoms with Gasteiger partial charge in [-0.1, -0.05) is 0 Å². The second-order valence-electron chi connectivity index (χ2n) is 2.43. The summed E-state index contributed by atoms with van der Waals surface area (Å²) in [6.45, 7) is 0. The number of nitrogens with zero attached hydrogens (tertiary/aromatic N) is 1. The van der Waals surface area contributed by atoms with Crippen molar-refractivity contribution in [3.63, 3.8) is 0 Å². The zero-order chi connectivity index (χ0) is 10.6. The molecular weight excluding hydrogens is 186 g/mol. The van der Waals surface area contributed by atoms with Crippen LogP contribution in [0.5, 0.6) is 0 Å². The number of hydrogen-bond donors (Lipinski definition) is 1. The molecule has 1 heterocycles. The van der Waals surface area contributed by atoms with Crippen LogP contribution in [-0.4, -0.2) is 22.3 Å². The fourth-order valence-electron chi connectivity index (χ4n) is 0.840. The highest BCUT2D eigenvalue weighted by molar-refractivity contribution is 6.05. The van der Waals surface area contributed by atoms with E-state index in [-0.39, 0.29) is 16.8 Å². The molecule has 0 amide bonds. The average molecular weight is 192 g/mol. The predicted molar refractivity (Wildman–Crippen MR) is 45.2 cm³/mol. The smallest absolute Gasteiger partial charge is 0.337 e. The first-order valence-electron chi connectivity index (χ1n) is 3.66. The number of aromatic carboxylic acids is 1. The van der Waals surface area contributed by atoms with Gasteiger partial charge in [-0.3, -0.25) is 9.78 Å². The lowest BCUT2D eigenvalue weighted by Gasteiger charge is -2.01. The molecule has 0 bridgehead atoms. The van der Waals surface area contributed by atoms with Crippen molar-refractivity contribution in [3.8, 4) is 0 Å². The van der Waals surface area contributed by atoms with Crippen molar-refractivity contribution in [3.05, 3.63) is 35.8 Å². The van der Waals surface area contributed by atoms with Crippen molar-refractivity contribution in [2.75, 3.05) is 0 Å². The van der Waals surface area contributed by atoms with Gasteiger partial charge in [0.2, 0.25) is 0 Å². The Hall–Kier alpha value is -2.17. The molecule has 0 spiro atoms. The second-order valence-corrected chi connectivity index (χ2v) is 2.43. The number of rotatable bonds is 3. The molecule has 1 rings (SSSR count). The summed E-state index contributed by atoms with van der Waals surface area (Å²) in [6, 6.07) is 2.58. The normalized spacial score (nSPS) is 11.0. The summed E-state index contributed by atoms with van der Waals surface area (Å²) in [5.41, 5.74) is 0.0619. The fourth-order valence-corrected chi connectivity index (χ4v) is 0.840. The molecule has 14 heavy (non-hydrogen) atoms. The zero-order valence-corrected chi connectivity index (χ0v) is 7.01. The van der Waals surface area contributed by atoms with Gasteiger partial charge in [-0.05, 0) is 12.1 Å². The monoisotopic (exact) mass is 192 g/mol. The first kappa shape index (κ1) is 9.91. The number of aromatic nitrogens is 1. The van der Waals surface area contributed by atoms with E-state index >= 15 is 0 Å². The van der Waals surface area contributed by atoms with Crippen LogP contribution in [0.4, 0.5) is 0 Å². The molecule has 0 atom stereocenters. The molecule has 0 aliphatic rings. The molecule has 5 nitrogen and oxygen atoms in total. The highest BCUT2D eigenvalue weighted by Crippen LogP contribution is 2.08. The first-order valence-corrected chi connectivity index (χ1v) is 3.66. The van der Waals surface area contributed by atoms with Crippen molar-refractivity contribution in [2.24, 2.45) is 0 Å². The summed E-state index contributed by atoms with van der Waals surface area (Å²) in [7, 11) is 0. The van der Waals surface area contributed by atoms with Crippen LogP contribution in [-0.2, 0) is 4.79 Å². The SMILES string of the molecule is O=C/C(=C/[O-])c1ccc(C(=O)O)cn1. The molecular formula is C9H6NO4-. The van der Waals surface area contributed by atoms with Crippen LogP contribution in [0, 0.1) is 0 Å². The molecule has 0 aromatic carbocycles. The Morgan fingerprint density at radius 3 is 2.57 bits per heavy atom. The Bertz CT molecular complexity index is 380. The minimum absolute atomic E-state index is 0.00454. The van der Waals surface area contributed by atoms with Crippen LogP contribution in [0.2, 0.25) is 0 Å². The zero-order valence-electron chi connectivity index (χ0n) is 7.01. The predicted octanol–water partition coefficient (Wildman–Crippen LogP) is -0.320. The average Bonchev–Trinajstić information content (AvgIpc) is 2.20. The molecule has 0 aliphatic heterocycles. The second kappa shape index (κ2) is 4.18. The Kier molecular flexibility index (Phi) is 2.96. The molecule has 1 N–H and O–H groups in total. The number of carboxylic acids is 1. The summed E-state index contributed by atoms with van der Waals surface area (Å²) in [5, 5.41) is 18.9. The van der Waals surface area contributed by atoms with E-state index in [4.69, 9.17) is 5.11 Å². The molecule has 0 unspecified atom stereocenters. The van der Waals surface area contributed by atoms with Crippen molar-refractivity contribution >= 4 is 17.8 Å². The van der Waals surface area contributed by atoms with Crippen LogP contribution < -0.4 is 5.11 Å². The Balaban J connectivity index is 3.05. The van der Waals surface area contributed by atoms with E-state index in [1.165, 1.54) is 12.1 Å². The van der Waals surface area contributed by atoms with Crippen LogP contribution in [0.15, 0.2) is 24.6 Å². The molecule has 72 valence electrons. The molecule has 5 heteroatoms. The van der Waals surface area contributed by atoms with Crippen molar-refractivity contribution in [1.82, 2.24) is 4.98 Å². The van der Waals surface area contributed by atoms with E-state index in [2.05, 4.69) is 4.98 Å². The number of hydrogen-bond acceptors (Lipinski definition) is 4. The lowest BCUT2D eigenvalue weighted by Crippen LogP contribution is -2.00. The lowest BCUT2D eigenvalue weighted by molar-refractivity contribution is -0.273. The van der Waals surface area contributed by atoms with Gasteiger partial charge >= 0.3 is 5.97 Å². The van der Waals surface area contributed by atoms with Gasteiger partial charge in [-0.25, -0.2) is 4.79 Å². The van der Waals surface area contributed by atoms with Gasteiger partial charge in [0.1, 0.15) is 0 Å². The maximum atomic E-state index is 10.4.